The minimum atomic E-state index is -0.833. The summed E-state index contributed by atoms with van der Waals surface area (Å²) in [6, 6.07) is 0. The number of carboxylic acids is 1. The van der Waals surface area contributed by atoms with Gasteiger partial charge in [0.2, 0.25) is 5.91 Å². The van der Waals surface area contributed by atoms with Crippen molar-refractivity contribution in [2.24, 2.45) is 11.7 Å². The number of nitrogens with two attached hydrogens (primary N) is 1. The third-order valence-electron chi connectivity index (χ3n) is 0.609. The summed E-state index contributed by atoms with van der Waals surface area (Å²) in [6.45, 7) is 5.01. The lowest BCUT2D eigenvalue weighted by Gasteiger charge is -1.95. The van der Waals surface area contributed by atoms with E-state index in [2.05, 4.69) is 0 Å². The van der Waals surface area contributed by atoms with E-state index < -0.39 is 5.97 Å². The lowest BCUT2D eigenvalue weighted by molar-refractivity contribution is -0.134. The highest BCUT2D eigenvalue weighted by Crippen LogP contribution is 1.95. The van der Waals surface area contributed by atoms with Gasteiger partial charge in [-0.2, -0.15) is 0 Å². The molecule has 0 fully saturated rings. The predicted molar refractivity (Wildman–Crippen MR) is 42.0 cm³/mol. The largest absolute Gasteiger partial charge is 0.481 e. The quantitative estimate of drug-likeness (QED) is 0.622. The molecule has 1 amide bonds. The minimum absolute atomic E-state index is 0.213. The maximum absolute atomic E-state index is 10.0. The molecule has 0 atom stereocenters. The van der Waals surface area contributed by atoms with Gasteiger partial charge in [0.15, 0.2) is 0 Å². The van der Waals surface area contributed by atoms with Crippen LogP contribution >= 0.6 is 0 Å². The molecule has 3 N–H and O–H groups in total. The number of primary amides is 1. The lowest BCUT2D eigenvalue weighted by Crippen LogP contribution is -2.12. The van der Waals surface area contributed by atoms with Crippen LogP contribution in [0.2, 0.25) is 0 Å². The van der Waals surface area contributed by atoms with Crippen LogP contribution < -0.4 is 5.73 Å². The molecule has 0 aliphatic carbocycles. The number of amides is 1. The van der Waals surface area contributed by atoms with Crippen LogP contribution in [0.5, 0.6) is 0 Å². The lowest BCUT2D eigenvalue weighted by atomic mass is 10.1. The van der Waals surface area contributed by atoms with Crippen molar-refractivity contribution in [3.63, 3.8) is 0 Å². The van der Waals surface area contributed by atoms with Gasteiger partial charge < -0.3 is 10.8 Å². The Balaban J connectivity index is 0. The molecule has 0 bridgehead atoms. The van der Waals surface area contributed by atoms with Gasteiger partial charge >= 0.3 is 0 Å². The van der Waals surface area contributed by atoms with Crippen LogP contribution in [0.1, 0.15) is 27.2 Å². The molecule has 0 saturated heterocycles. The molecule has 0 saturated carbocycles. The molecule has 0 aliphatic heterocycles. The first kappa shape index (κ1) is 12.6. The summed E-state index contributed by atoms with van der Waals surface area (Å²) in [6.07, 6.45) is 0.500. The maximum atomic E-state index is 10.0. The van der Waals surface area contributed by atoms with Crippen molar-refractivity contribution in [3.05, 3.63) is 0 Å². The van der Waals surface area contributed by atoms with Crippen molar-refractivity contribution in [1.82, 2.24) is 0 Å². The summed E-state index contributed by atoms with van der Waals surface area (Å²) in [4.78, 5) is 19.0. The van der Waals surface area contributed by atoms with Gasteiger partial charge in [0.1, 0.15) is 0 Å². The first-order valence-corrected chi connectivity index (χ1v) is 3.34. The van der Waals surface area contributed by atoms with Gasteiger partial charge in [0.05, 0.1) is 0 Å². The molecule has 0 aromatic carbocycles. The van der Waals surface area contributed by atoms with E-state index in [1.807, 2.05) is 13.8 Å². The fraction of sp³-hybridized carbons (Fsp3) is 0.714. The Morgan fingerprint density at radius 1 is 1.45 bits per heavy atom. The fourth-order valence-corrected chi connectivity index (χ4v) is 0.402. The van der Waals surface area contributed by atoms with Crippen molar-refractivity contribution in [1.29, 1.82) is 0 Å². The average Bonchev–Trinajstić information content (AvgIpc) is 1.56. The van der Waals surface area contributed by atoms with Crippen LogP contribution in [0.25, 0.3) is 0 Å². The summed E-state index contributed by atoms with van der Waals surface area (Å²) >= 11 is 0. The van der Waals surface area contributed by atoms with Gasteiger partial charge in [0, 0.05) is 13.3 Å². The highest BCUT2D eigenvalue weighted by atomic mass is 16.4. The SMILES string of the molecule is CC(=O)O.CC(C)CC(N)=O. The Kier molecular flexibility index (Phi) is 8.08. The molecule has 0 aliphatic rings. The van der Waals surface area contributed by atoms with Crippen LogP contribution in [0.3, 0.4) is 0 Å². The second-order valence-electron chi connectivity index (χ2n) is 2.58. The Morgan fingerprint density at radius 3 is 1.73 bits per heavy atom. The van der Waals surface area contributed by atoms with Crippen molar-refractivity contribution < 1.29 is 14.7 Å². The van der Waals surface area contributed by atoms with E-state index in [0.717, 1.165) is 6.92 Å². The molecule has 0 rings (SSSR count). The number of carbonyl (C=O) groups excluding carboxylic acids is 1. The number of carbonyl (C=O) groups is 2. The number of hydrogen-bond acceptors (Lipinski definition) is 2. The zero-order valence-electron chi connectivity index (χ0n) is 7.13. The first-order chi connectivity index (χ1) is 4.86. The van der Waals surface area contributed by atoms with Gasteiger partial charge in [-0.25, -0.2) is 0 Å². The highest BCUT2D eigenvalue weighted by molar-refractivity contribution is 5.73. The van der Waals surface area contributed by atoms with E-state index in [1.165, 1.54) is 0 Å². The second kappa shape index (κ2) is 7.05. The van der Waals surface area contributed by atoms with Crippen LogP contribution in [0, 0.1) is 5.92 Å². The fourth-order valence-electron chi connectivity index (χ4n) is 0.402. The Bertz CT molecular complexity index is 128. The van der Waals surface area contributed by atoms with Crippen LogP contribution in [-0.4, -0.2) is 17.0 Å². The maximum Gasteiger partial charge on any atom is 0.300 e. The Morgan fingerprint density at radius 2 is 1.73 bits per heavy atom. The Labute approximate surface area is 66.4 Å². The third kappa shape index (κ3) is 49.8. The van der Waals surface area contributed by atoms with E-state index in [-0.39, 0.29) is 5.91 Å². The zero-order chi connectivity index (χ0) is 9.44. The van der Waals surface area contributed by atoms with Crippen LogP contribution in [-0.2, 0) is 9.59 Å². The molecule has 11 heavy (non-hydrogen) atoms. The molecular weight excluding hydrogens is 146 g/mol. The van der Waals surface area contributed by atoms with Crippen molar-refractivity contribution in [3.8, 4) is 0 Å². The molecule has 4 nitrogen and oxygen atoms in total. The topological polar surface area (TPSA) is 80.4 Å². The molecule has 0 spiro atoms. The normalized spacial score (nSPS) is 8.36. The second-order valence-corrected chi connectivity index (χ2v) is 2.58. The summed E-state index contributed by atoms with van der Waals surface area (Å²) in [5.74, 6) is -0.646. The molecule has 0 unspecified atom stereocenters. The van der Waals surface area contributed by atoms with E-state index in [9.17, 15) is 4.79 Å². The van der Waals surface area contributed by atoms with E-state index in [0.29, 0.717) is 12.3 Å². The summed E-state index contributed by atoms with van der Waals surface area (Å²) in [7, 11) is 0. The Hall–Kier alpha value is -1.06. The molecular formula is C7H15NO3. The number of aliphatic carboxylic acids is 1. The molecule has 0 heterocycles. The molecule has 0 radical (unpaired) electrons. The first-order valence-electron chi connectivity index (χ1n) is 3.34. The minimum Gasteiger partial charge on any atom is -0.481 e. The predicted octanol–water partition coefficient (Wildman–Crippen LogP) is 0.609. The van der Waals surface area contributed by atoms with E-state index >= 15 is 0 Å². The summed E-state index contributed by atoms with van der Waals surface area (Å²) in [5.41, 5.74) is 4.85. The molecule has 4 heteroatoms. The van der Waals surface area contributed by atoms with Gasteiger partial charge in [-0.15, -0.1) is 0 Å². The number of carboxylic acid groups (broad SMARTS) is 1. The van der Waals surface area contributed by atoms with Gasteiger partial charge in [-0.1, -0.05) is 13.8 Å². The van der Waals surface area contributed by atoms with E-state index in [4.69, 9.17) is 15.6 Å². The average molecular weight is 161 g/mol. The van der Waals surface area contributed by atoms with Crippen LogP contribution in [0.15, 0.2) is 0 Å². The number of rotatable bonds is 2. The van der Waals surface area contributed by atoms with E-state index in [1.54, 1.807) is 0 Å². The molecule has 0 aromatic rings. The van der Waals surface area contributed by atoms with Crippen LogP contribution in [0.4, 0.5) is 0 Å². The summed E-state index contributed by atoms with van der Waals surface area (Å²) < 4.78 is 0. The standard InChI is InChI=1S/C5H11NO.C2H4O2/c1-4(2)3-5(6)7;1-2(3)4/h4H,3H2,1-2H3,(H2,6,7);1H3,(H,3,4). The monoisotopic (exact) mass is 161 g/mol. The zero-order valence-corrected chi connectivity index (χ0v) is 7.13. The molecule has 66 valence electrons. The van der Waals surface area contributed by atoms with Gasteiger partial charge in [0.25, 0.3) is 5.97 Å². The highest BCUT2D eigenvalue weighted by Gasteiger charge is 1.96. The summed E-state index contributed by atoms with van der Waals surface area (Å²) in [5, 5.41) is 7.42. The van der Waals surface area contributed by atoms with Crippen molar-refractivity contribution >= 4 is 11.9 Å². The van der Waals surface area contributed by atoms with Gasteiger partial charge in [-0.05, 0) is 5.92 Å². The number of hydrogen-bond donors (Lipinski definition) is 2. The third-order valence-corrected chi connectivity index (χ3v) is 0.609. The smallest absolute Gasteiger partial charge is 0.300 e. The molecule has 0 aromatic heterocycles. The van der Waals surface area contributed by atoms with Crippen molar-refractivity contribution in [2.45, 2.75) is 27.2 Å². The van der Waals surface area contributed by atoms with Crippen molar-refractivity contribution in [2.75, 3.05) is 0 Å². The van der Waals surface area contributed by atoms with Gasteiger partial charge in [-0.3, -0.25) is 9.59 Å².